The van der Waals surface area contributed by atoms with Crippen LogP contribution in [-0.2, 0) is 0 Å². The Morgan fingerprint density at radius 3 is 2.47 bits per heavy atom. The van der Waals surface area contributed by atoms with Crippen molar-refractivity contribution >= 4 is 37.7 Å². The smallest absolute Gasteiger partial charge is 0.161 e. The number of rotatable bonds is 2. The van der Waals surface area contributed by atoms with Gasteiger partial charge in [0.2, 0.25) is 0 Å². The second-order valence-electron chi connectivity index (χ2n) is 4.42. The fourth-order valence-electron chi connectivity index (χ4n) is 1.63. The van der Waals surface area contributed by atoms with Crippen molar-refractivity contribution < 1.29 is 4.39 Å². The van der Waals surface area contributed by atoms with Gasteiger partial charge < -0.3 is 5.73 Å². The number of hydrogen-bond acceptors (Lipinski definition) is 3. The maximum Gasteiger partial charge on any atom is 0.161 e. The molecule has 1 aromatic heterocycles. The van der Waals surface area contributed by atoms with E-state index in [4.69, 9.17) is 5.73 Å². The third-order valence-corrected chi connectivity index (χ3v) is 4.05. The van der Waals surface area contributed by atoms with Gasteiger partial charge in [0, 0.05) is 5.56 Å². The molecule has 0 saturated heterocycles. The lowest BCUT2D eigenvalue weighted by molar-refractivity contribution is 0.621. The minimum Gasteiger partial charge on any atom is -0.383 e. The molecule has 1 heterocycles. The van der Waals surface area contributed by atoms with Crippen molar-refractivity contribution in [2.45, 2.75) is 19.8 Å². The average molecular weight is 389 g/mol. The van der Waals surface area contributed by atoms with Crippen LogP contribution in [0.4, 0.5) is 10.2 Å². The molecule has 0 unspecified atom stereocenters. The molecule has 0 spiro atoms. The van der Waals surface area contributed by atoms with Crippen LogP contribution >= 0.6 is 31.9 Å². The highest BCUT2D eigenvalue weighted by Gasteiger charge is 2.14. The summed E-state index contributed by atoms with van der Waals surface area (Å²) in [5.41, 5.74) is 7.43. The Labute approximate surface area is 127 Å². The van der Waals surface area contributed by atoms with Crippen LogP contribution in [0.1, 0.15) is 25.5 Å². The van der Waals surface area contributed by atoms with Crippen molar-refractivity contribution in [3.05, 3.63) is 38.7 Å². The highest BCUT2D eigenvalue weighted by molar-refractivity contribution is 9.11. The monoisotopic (exact) mass is 387 g/mol. The number of nitrogen functional groups attached to an aromatic ring is 1. The number of benzene rings is 1. The molecule has 2 N–H and O–H groups in total. The highest BCUT2D eigenvalue weighted by atomic mass is 79.9. The van der Waals surface area contributed by atoms with Crippen LogP contribution in [0, 0.1) is 5.82 Å². The molecule has 6 heteroatoms. The summed E-state index contributed by atoms with van der Waals surface area (Å²) in [6.07, 6.45) is 0. The summed E-state index contributed by atoms with van der Waals surface area (Å²) in [4.78, 5) is 8.73. The van der Waals surface area contributed by atoms with Gasteiger partial charge in [0.15, 0.2) is 5.82 Å². The quantitative estimate of drug-likeness (QED) is 0.823. The third kappa shape index (κ3) is 2.95. The Kier molecular flexibility index (Phi) is 4.20. The number of hydrogen-bond donors (Lipinski definition) is 1. The molecule has 3 nitrogen and oxygen atoms in total. The second-order valence-corrected chi connectivity index (χ2v) is 6.06. The van der Waals surface area contributed by atoms with Crippen molar-refractivity contribution in [3.63, 3.8) is 0 Å². The highest BCUT2D eigenvalue weighted by Crippen LogP contribution is 2.30. The largest absolute Gasteiger partial charge is 0.383 e. The first-order valence-electron chi connectivity index (χ1n) is 5.68. The molecule has 0 bridgehead atoms. The van der Waals surface area contributed by atoms with E-state index in [1.165, 1.54) is 6.07 Å². The molecule has 2 aromatic rings. The van der Waals surface area contributed by atoms with Crippen LogP contribution in [0.3, 0.4) is 0 Å². The first kappa shape index (κ1) is 14.4. The average Bonchev–Trinajstić information content (AvgIpc) is 2.35. The molecule has 1 aromatic carbocycles. The molecule has 0 aliphatic heterocycles. The van der Waals surface area contributed by atoms with Gasteiger partial charge in [0.25, 0.3) is 0 Å². The van der Waals surface area contributed by atoms with Crippen LogP contribution in [0.2, 0.25) is 0 Å². The van der Waals surface area contributed by atoms with Crippen molar-refractivity contribution in [1.82, 2.24) is 9.97 Å². The fourth-order valence-corrected chi connectivity index (χ4v) is 2.64. The van der Waals surface area contributed by atoms with Gasteiger partial charge in [-0.25, -0.2) is 14.4 Å². The Balaban J connectivity index is 2.59. The Bertz CT molecular complexity index is 630. The van der Waals surface area contributed by atoms with E-state index in [9.17, 15) is 4.39 Å². The molecule has 2 rings (SSSR count). The lowest BCUT2D eigenvalue weighted by Crippen LogP contribution is -2.04. The molecule has 0 aliphatic carbocycles. The zero-order valence-corrected chi connectivity index (χ0v) is 13.6. The standard InChI is InChI=1S/C13H12Br2FN3/c1-6(2)11-10(15)12(17)19-13(18-11)7-3-4-9(16)8(14)5-7/h3-6H,1-2H3,(H2,17,18,19). The van der Waals surface area contributed by atoms with Gasteiger partial charge in [-0.2, -0.15) is 0 Å². The number of halogens is 3. The fraction of sp³-hybridized carbons (Fsp3) is 0.231. The van der Waals surface area contributed by atoms with Gasteiger partial charge in [-0.3, -0.25) is 0 Å². The minimum absolute atomic E-state index is 0.210. The van der Waals surface area contributed by atoms with Crippen LogP contribution in [-0.4, -0.2) is 9.97 Å². The lowest BCUT2D eigenvalue weighted by Gasteiger charge is -2.11. The van der Waals surface area contributed by atoms with E-state index < -0.39 is 0 Å². The van der Waals surface area contributed by atoms with Crippen LogP contribution in [0.15, 0.2) is 27.1 Å². The van der Waals surface area contributed by atoms with Gasteiger partial charge in [-0.1, -0.05) is 13.8 Å². The van der Waals surface area contributed by atoms with E-state index in [0.29, 0.717) is 20.6 Å². The summed E-state index contributed by atoms with van der Waals surface area (Å²) < 4.78 is 14.3. The van der Waals surface area contributed by atoms with Crippen molar-refractivity contribution in [2.75, 3.05) is 5.73 Å². The molecule has 19 heavy (non-hydrogen) atoms. The topological polar surface area (TPSA) is 51.8 Å². The van der Waals surface area contributed by atoms with Crippen molar-refractivity contribution in [1.29, 1.82) is 0 Å². The van der Waals surface area contributed by atoms with E-state index in [1.807, 2.05) is 13.8 Å². The molecule has 100 valence electrons. The van der Waals surface area contributed by atoms with E-state index >= 15 is 0 Å². The van der Waals surface area contributed by atoms with E-state index in [2.05, 4.69) is 41.8 Å². The summed E-state index contributed by atoms with van der Waals surface area (Å²) in [5, 5.41) is 0. The van der Waals surface area contributed by atoms with Crippen molar-refractivity contribution in [3.8, 4) is 11.4 Å². The van der Waals surface area contributed by atoms with Crippen LogP contribution < -0.4 is 5.73 Å². The molecule has 0 aliphatic rings. The normalized spacial score (nSPS) is 11.1. The van der Waals surface area contributed by atoms with E-state index in [0.717, 1.165) is 11.3 Å². The predicted octanol–water partition coefficient (Wildman–Crippen LogP) is 4.51. The second kappa shape index (κ2) is 5.54. The van der Waals surface area contributed by atoms with Gasteiger partial charge in [0.05, 0.1) is 14.6 Å². The number of nitrogens with zero attached hydrogens (tertiary/aromatic N) is 2. The summed E-state index contributed by atoms with van der Waals surface area (Å²) in [6.45, 7) is 4.05. The molecule has 0 amide bonds. The Morgan fingerprint density at radius 1 is 1.21 bits per heavy atom. The Hall–Kier alpha value is -1.01. The maximum absolute atomic E-state index is 13.2. The first-order chi connectivity index (χ1) is 8.90. The minimum atomic E-state index is -0.321. The van der Waals surface area contributed by atoms with Gasteiger partial charge in [0.1, 0.15) is 11.6 Å². The SMILES string of the molecule is CC(C)c1nc(-c2ccc(F)c(Br)c2)nc(N)c1Br. The van der Waals surface area contributed by atoms with Crippen LogP contribution in [0.25, 0.3) is 11.4 Å². The lowest BCUT2D eigenvalue weighted by atomic mass is 10.1. The Morgan fingerprint density at radius 2 is 1.89 bits per heavy atom. The van der Waals surface area contributed by atoms with Gasteiger partial charge >= 0.3 is 0 Å². The first-order valence-corrected chi connectivity index (χ1v) is 7.27. The number of aromatic nitrogens is 2. The molecule has 0 saturated carbocycles. The predicted molar refractivity (Wildman–Crippen MR) is 81.3 cm³/mol. The van der Waals surface area contributed by atoms with E-state index in [-0.39, 0.29) is 11.7 Å². The molecule has 0 fully saturated rings. The van der Waals surface area contributed by atoms with Gasteiger partial charge in [-0.15, -0.1) is 0 Å². The number of nitrogens with two attached hydrogens (primary N) is 1. The molecular formula is C13H12Br2FN3. The van der Waals surface area contributed by atoms with Crippen molar-refractivity contribution in [2.24, 2.45) is 0 Å². The van der Waals surface area contributed by atoms with E-state index in [1.54, 1.807) is 12.1 Å². The zero-order valence-electron chi connectivity index (χ0n) is 10.4. The molecule has 0 atom stereocenters. The number of anilines is 1. The van der Waals surface area contributed by atoms with Crippen LogP contribution in [0.5, 0.6) is 0 Å². The molecule has 0 radical (unpaired) electrons. The summed E-state index contributed by atoms with van der Waals surface area (Å²) in [7, 11) is 0. The van der Waals surface area contributed by atoms with Gasteiger partial charge in [-0.05, 0) is 56.0 Å². The summed E-state index contributed by atoms with van der Waals surface area (Å²) in [6, 6.07) is 4.64. The summed E-state index contributed by atoms with van der Waals surface area (Å²) >= 11 is 6.55. The summed E-state index contributed by atoms with van der Waals surface area (Å²) in [5.74, 6) is 0.763. The third-order valence-electron chi connectivity index (χ3n) is 2.63. The zero-order chi connectivity index (χ0) is 14.2. The maximum atomic E-state index is 13.2. The molecular weight excluding hydrogens is 377 g/mol.